The third-order valence-electron chi connectivity index (χ3n) is 3.30. The van der Waals surface area contributed by atoms with Gasteiger partial charge in [0.25, 0.3) is 5.91 Å². The number of rotatable bonds is 3. The Labute approximate surface area is 121 Å². The van der Waals surface area contributed by atoms with Gasteiger partial charge in [0, 0.05) is 30.8 Å². The molecule has 0 radical (unpaired) electrons. The highest BCUT2D eigenvalue weighted by Crippen LogP contribution is 2.14. The molecule has 3 aromatic heterocycles. The number of imidazole rings is 1. The van der Waals surface area contributed by atoms with Crippen molar-refractivity contribution in [3.63, 3.8) is 0 Å². The van der Waals surface area contributed by atoms with Crippen molar-refractivity contribution in [1.29, 1.82) is 0 Å². The number of fused-ring (bicyclic) bond motifs is 1. The number of amides is 1. The number of nitrogens with zero attached hydrogens (tertiary/aromatic N) is 5. The maximum atomic E-state index is 12.6. The molecule has 0 saturated carbocycles. The van der Waals surface area contributed by atoms with Gasteiger partial charge in [-0.3, -0.25) is 4.79 Å². The maximum Gasteiger partial charge on any atom is 0.259 e. The standard InChI is InChI=1S/C14H16N6O/c1-9-6-10(2)20-13(18-9)11(7-17-20)14(21)19(3)8-12-15-4-5-16-12/h4-7H,8H2,1-3H3,(H,15,16). The predicted molar refractivity (Wildman–Crippen MR) is 76.8 cm³/mol. The first-order chi connectivity index (χ1) is 10.1. The maximum absolute atomic E-state index is 12.6. The fourth-order valence-electron chi connectivity index (χ4n) is 2.31. The minimum atomic E-state index is -0.126. The Balaban J connectivity index is 1.94. The van der Waals surface area contributed by atoms with Crippen LogP contribution in [0.5, 0.6) is 0 Å². The predicted octanol–water partition coefficient (Wildman–Crippen LogP) is 1.34. The summed E-state index contributed by atoms with van der Waals surface area (Å²) in [5, 5.41) is 4.24. The van der Waals surface area contributed by atoms with Crippen LogP contribution in [0.1, 0.15) is 27.6 Å². The molecule has 0 aliphatic heterocycles. The number of carbonyl (C=O) groups is 1. The van der Waals surface area contributed by atoms with E-state index in [0.29, 0.717) is 17.8 Å². The minimum Gasteiger partial charge on any atom is -0.347 e. The summed E-state index contributed by atoms with van der Waals surface area (Å²) < 4.78 is 1.68. The van der Waals surface area contributed by atoms with Gasteiger partial charge in [0.05, 0.1) is 12.7 Å². The zero-order chi connectivity index (χ0) is 15.0. The third-order valence-corrected chi connectivity index (χ3v) is 3.30. The number of aromatic nitrogens is 5. The van der Waals surface area contributed by atoms with Gasteiger partial charge in [-0.2, -0.15) is 5.10 Å². The number of hydrogen-bond donors (Lipinski definition) is 1. The van der Waals surface area contributed by atoms with Crippen LogP contribution < -0.4 is 0 Å². The van der Waals surface area contributed by atoms with Crippen molar-refractivity contribution in [1.82, 2.24) is 29.5 Å². The molecule has 0 aliphatic rings. The lowest BCUT2D eigenvalue weighted by Gasteiger charge is -2.14. The molecule has 3 aromatic rings. The van der Waals surface area contributed by atoms with Crippen molar-refractivity contribution in [2.45, 2.75) is 20.4 Å². The van der Waals surface area contributed by atoms with Gasteiger partial charge >= 0.3 is 0 Å². The average Bonchev–Trinajstić information content (AvgIpc) is 3.07. The molecule has 0 atom stereocenters. The van der Waals surface area contributed by atoms with Gasteiger partial charge in [0.2, 0.25) is 0 Å². The summed E-state index contributed by atoms with van der Waals surface area (Å²) in [6.07, 6.45) is 4.96. The Hall–Kier alpha value is -2.70. The van der Waals surface area contributed by atoms with E-state index in [1.165, 1.54) is 0 Å². The van der Waals surface area contributed by atoms with Gasteiger partial charge in [0.1, 0.15) is 11.4 Å². The molecule has 3 rings (SSSR count). The monoisotopic (exact) mass is 284 g/mol. The van der Waals surface area contributed by atoms with Gasteiger partial charge in [0.15, 0.2) is 5.65 Å². The lowest BCUT2D eigenvalue weighted by atomic mass is 10.2. The second kappa shape index (κ2) is 5.01. The van der Waals surface area contributed by atoms with Crippen molar-refractivity contribution >= 4 is 11.6 Å². The largest absolute Gasteiger partial charge is 0.347 e. The molecule has 1 N–H and O–H groups in total. The fourth-order valence-corrected chi connectivity index (χ4v) is 2.31. The summed E-state index contributed by atoms with van der Waals surface area (Å²) in [7, 11) is 1.73. The minimum absolute atomic E-state index is 0.126. The normalized spacial score (nSPS) is 11.0. The number of nitrogens with one attached hydrogen (secondary N) is 1. The number of carbonyl (C=O) groups excluding carboxylic acids is 1. The lowest BCUT2D eigenvalue weighted by Crippen LogP contribution is -2.26. The summed E-state index contributed by atoms with van der Waals surface area (Å²) in [4.78, 5) is 25.7. The number of aromatic amines is 1. The molecule has 1 amide bonds. The highest BCUT2D eigenvalue weighted by atomic mass is 16.2. The Bertz CT molecular complexity index is 789. The SMILES string of the molecule is Cc1cc(C)n2ncc(C(=O)N(C)Cc3ncc[nH]3)c2n1. The molecular weight excluding hydrogens is 268 g/mol. The molecule has 21 heavy (non-hydrogen) atoms. The summed E-state index contributed by atoms with van der Waals surface area (Å²) in [5.74, 6) is 0.613. The highest BCUT2D eigenvalue weighted by Gasteiger charge is 2.19. The van der Waals surface area contributed by atoms with Crippen LogP contribution >= 0.6 is 0 Å². The Kier molecular flexibility index (Phi) is 3.17. The molecule has 7 nitrogen and oxygen atoms in total. The van der Waals surface area contributed by atoms with Gasteiger partial charge in [-0.25, -0.2) is 14.5 Å². The first kappa shape index (κ1) is 13.3. The van der Waals surface area contributed by atoms with Crippen LogP contribution in [0.2, 0.25) is 0 Å². The van der Waals surface area contributed by atoms with Gasteiger partial charge < -0.3 is 9.88 Å². The van der Waals surface area contributed by atoms with E-state index >= 15 is 0 Å². The van der Waals surface area contributed by atoms with E-state index in [-0.39, 0.29) is 5.91 Å². The van der Waals surface area contributed by atoms with Crippen LogP contribution in [-0.2, 0) is 6.54 Å². The molecule has 7 heteroatoms. The van der Waals surface area contributed by atoms with E-state index in [2.05, 4.69) is 20.1 Å². The van der Waals surface area contributed by atoms with Crippen LogP contribution in [0.4, 0.5) is 0 Å². The molecule has 0 spiro atoms. The molecule has 3 heterocycles. The van der Waals surface area contributed by atoms with E-state index < -0.39 is 0 Å². The van der Waals surface area contributed by atoms with E-state index in [9.17, 15) is 4.79 Å². The summed E-state index contributed by atoms with van der Waals surface area (Å²) >= 11 is 0. The fraction of sp³-hybridized carbons (Fsp3) is 0.286. The average molecular weight is 284 g/mol. The van der Waals surface area contributed by atoms with Crippen LogP contribution in [0.15, 0.2) is 24.7 Å². The van der Waals surface area contributed by atoms with E-state index in [4.69, 9.17) is 0 Å². The molecular formula is C14H16N6O. The van der Waals surface area contributed by atoms with E-state index in [0.717, 1.165) is 17.2 Å². The molecule has 0 aliphatic carbocycles. The molecule has 0 aromatic carbocycles. The van der Waals surface area contributed by atoms with Crippen molar-refractivity contribution in [2.75, 3.05) is 7.05 Å². The number of aryl methyl sites for hydroxylation is 2. The second-order valence-electron chi connectivity index (χ2n) is 5.03. The summed E-state index contributed by atoms with van der Waals surface area (Å²) in [6.45, 7) is 4.25. The molecule has 0 saturated heterocycles. The summed E-state index contributed by atoms with van der Waals surface area (Å²) in [5.41, 5.74) is 2.90. The van der Waals surface area contributed by atoms with Crippen molar-refractivity contribution in [2.24, 2.45) is 0 Å². The van der Waals surface area contributed by atoms with Crippen molar-refractivity contribution in [3.8, 4) is 0 Å². The van der Waals surface area contributed by atoms with Crippen LogP contribution in [-0.4, -0.2) is 42.4 Å². The first-order valence-corrected chi connectivity index (χ1v) is 6.62. The topological polar surface area (TPSA) is 79.2 Å². The lowest BCUT2D eigenvalue weighted by molar-refractivity contribution is 0.0783. The van der Waals surface area contributed by atoms with Gasteiger partial charge in [-0.15, -0.1) is 0 Å². The Morgan fingerprint density at radius 3 is 2.95 bits per heavy atom. The third kappa shape index (κ3) is 2.37. The molecule has 0 unspecified atom stereocenters. The second-order valence-corrected chi connectivity index (χ2v) is 5.03. The molecule has 0 fully saturated rings. The Morgan fingerprint density at radius 2 is 2.24 bits per heavy atom. The molecule has 108 valence electrons. The molecule has 0 bridgehead atoms. The zero-order valence-corrected chi connectivity index (χ0v) is 12.2. The number of hydrogen-bond acceptors (Lipinski definition) is 4. The van der Waals surface area contributed by atoms with Crippen molar-refractivity contribution in [3.05, 3.63) is 47.4 Å². The van der Waals surface area contributed by atoms with E-state index in [1.807, 2.05) is 19.9 Å². The quantitative estimate of drug-likeness (QED) is 0.787. The zero-order valence-electron chi connectivity index (χ0n) is 12.2. The first-order valence-electron chi connectivity index (χ1n) is 6.62. The van der Waals surface area contributed by atoms with Gasteiger partial charge in [-0.05, 0) is 19.9 Å². The number of H-pyrrole nitrogens is 1. The van der Waals surface area contributed by atoms with Crippen LogP contribution in [0.25, 0.3) is 5.65 Å². The highest BCUT2D eigenvalue weighted by molar-refractivity contribution is 5.99. The Morgan fingerprint density at radius 1 is 1.43 bits per heavy atom. The van der Waals surface area contributed by atoms with Gasteiger partial charge in [-0.1, -0.05) is 0 Å². The summed E-state index contributed by atoms with van der Waals surface area (Å²) in [6, 6.07) is 1.93. The van der Waals surface area contributed by atoms with Crippen molar-refractivity contribution < 1.29 is 4.79 Å². The van der Waals surface area contributed by atoms with Crippen LogP contribution in [0.3, 0.4) is 0 Å². The smallest absolute Gasteiger partial charge is 0.259 e. The van der Waals surface area contributed by atoms with E-state index in [1.54, 1.807) is 35.1 Å². The van der Waals surface area contributed by atoms with Crippen LogP contribution in [0, 0.1) is 13.8 Å².